The largest absolute Gasteiger partial charge is 0.465 e. The predicted molar refractivity (Wildman–Crippen MR) is 59.1 cm³/mol. The molecule has 0 heterocycles. The summed E-state index contributed by atoms with van der Waals surface area (Å²) in [7, 11) is 0. The molecule has 1 aromatic rings. The molecule has 2 N–H and O–H groups in total. The van der Waals surface area contributed by atoms with Crippen molar-refractivity contribution in [1.82, 2.24) is 5.32 Å². The zero-order chi connectivity index (χ0) is 11.4. The van der Waals surface area contributed by atoms with Crippen molar-refractivity contribution in [3.63, 3.8) is 0 Å². The zero-order valence-electron chi connectivity index (χ0n) is 7.41. The van der Waals surface area contributed by atoms with Crippen molar-refractivity contribution in [3.05, 3.63) is 33.3 Å². The van der Waals surface area contributed by atoms with Crippen molar-refractivity contribution >= 4 is 39.9 Å². The molecule has 1 aromatic carbocycles. The molecule has 0 saturated heterocycles. The Kier molecular flexibility index (Phi) is 4.11. The molecule has 0 saturated carbocycles. The van der Waals surface area contributed by atoms with E-state index in [0.717, 1.165) is 0 Å². The Morgan fingerprint density at radius 1 is 1.60 bits per heavy atom. The molecule has 0 aromatic heterocycles. The maximum atomic E-state index is 10.7. The summed E-state index contributed by atoms with van der Waals surface area (Å²) in [5.41, 5.74) is 0.525. The van der Waals surface area contributed by atoms with Crippen LogP contribution >= 0.6 is 27.5 Å². The van der Waals surface area contributed by atoms with E-state index in [1.54, 1.807) is 18.2 Å². The van der Waals surface area contributed by atoms with Crippen LogP contribution in [0.4, 0.5) is 4.79 Å². The van der Waals surface area contributed by atoms with Crippen LogP contribution in [-0.4, -0.2) is 17.5 Å². The number of amides is 1. The number of aldehydes is 1. The highest BCUT2D eigenvalue weighted by atomic mass is 79.9. The minimum absolute atomic E-state index is 0.505. The minimum Gasteiger partial charge on any atom is -0.465 e. The van der Waals surface area contributed by atoms with Gasteiger partial charge in [0.2, 0.25) is 0 Å². The molecular weight excluding hydrogens is 285 g/mol. The number of nitrogens with one attached hydrogen (secondary N) is 1. The van der Waals surface area contributed by atoms with E-state index in [-0.39, 0.29) is 0 Å². The quantitative estimate of drug-likeness (QED) is 0.842. The van der Waals surface area contributed by atoms with Gasteiger partial charge in [0.1, 0.15) is 12.3 Å². The van der Waals surface area contributed by atoms with Crippen molar-refractivity contribution in [2.75, 3.05) is 0 Å². The average molecular weight is 293 g/mol. The third-order valence-electron chi connectivity index (χ3n) is 1.71. The first-order valence-corrected chi connectivity index (χ1v) is 5.11. The van der Waals surface area contributed by atoms with Gasteiger partial charge in [-0.1, -0.05) is 33.6 Å². The van der Waals surface area contributed by atoms with Crippen LogP contribution in [-0.2, 0) is 4.79 Å². The number of hydrogen-bond donors (Lipinski definition) is 2. The Hall–Kier alpha value is -1.07. The Balaban J connectivity index is 3.01. The zero-order valence-corrected chi connectivity index (χ0v) is 9.75. The Morgan fingerprint density at radius 2 is 2.27 bits per heavy atom. The number of rotatable bonds is 3. The van der Waals surface area contributed by atoms with Crippen molar-refractivity contribution in [2.24, 2.45) is 0 Å². The van der Waals surface area contributed by atoms with E-state index in [9.17, 15) is 9.59 Å². The van der Waals surface area contributed by atoms with E-state index >= 15 is 0 Å². The van der Waals surface area contributed by atoms with Gasteiger partial charge in [-0.15, -0.1) is 0 Å². The fourth-order valence-electron chi connectivity index (χ4n) is 1.07. The molecule has 15 heavy (non-hydrogen) atoms. The molecule has 0 radical (unpaired) electrons. The normalized spacial score (nSPS) is 11.9. The van der Waals surface area contributed by atoms with Crippen molar-refractivity contribution in [1.29, 1.82) is 0 Å². The highest BCUT2D eigenvalue weighted by Gasteiger charge is 2.15. The lowest BCUT2D eigenvalue weighted by Crippen LogP contribution is -2.27. The van der Waals surface area contributed by atoms with Gasteiger partial charge >= 0.3 is 6.09 Å². The SMILES string of the molecule is O=CC(NC(=O)O)c1ccc(Cl)cc1Br. The van der Waals surface area contributed by atoms with Gasteiger partial charge in [-0.2, -0.15) is 0 Å². The predicted octanol–water partition coefficient (Wildman–Crippen LogP) is 2.61. The van der Waals surface area contributed by atoms with Gasteiger partial charge in [-0.05, 0) is 17.7 Å². The van der Waals surface area contributed by atoms with Crippen LogP contribution < -0.4 is 5.32 Å². The van der Waals surface area contributed by atoms with Crippen molar-refractivity contribution in [2.45, 2.75) is 6.04 Å². The van der Waals surface area contributed by atoms with E-state index in [4.69, 9.17) is 16.7 Å². The molecule has 4 nitrogen and oxygen atoms in total. The van der Waals surface area contributed by atoms with Gasteiger partial charge < -0.3 is 15.2 Å². The van der Waals surface area contributed by atoms with Gasteiger partial charge in [0.15, 0.2) is 0 Å². The van der Waals surface area contributed by atoms with Crippen LogP contribution in [0.3, 0.4) is 0 Å². The van der Waals surface area contributed by atoms with Crippen molar-refractivity contribution < 1.29 is 14.7 Å². The first kappa shape index (κ1) is 12.0. The molecular formula is C9H7BrClNO3. The van der Waals surface area contributed by atoms with Crippen LogP contribution in [0.5, 0.6) is 0 Å². The summed E-state index contributed by atoms with van der Waals surface area (Å²) in [6.45, 7) is 0. The molecule has 1 amide bonds. The standard InChI is InChI=1S/C9H7BrClNO3/c10-7-3-5(11)1-2-6(7)8(4-13)12-9(14)15/h1-4,8,12H,(H,14,15). The van der Waals surface area contributed by atoms with E-state index < -0.39 is 12.1 Å². The summed E-state index contributed by atoms with van der Waals surface area (Å²) in [6.07, 6.45) is -0.740. The number of carbonyl (C=O) groups excluding carboxylic acids is 1. The summed E-state index contributed by atoms with van der Waals surface area (Å²) < 4.78 is 0.584. The number of hydrogen-bond acceptors (Lipinski definition) is 2. The third-order valence-corrected chi connectivity index (χ3v) is 2.63. The van der Waals surface area contributed by atoms with Gasteiger partial charge in [0.25, 0.3) is 0 Å². The van der Waals surface area contributed by atoms with Gasteiger partial charge in [0, 0.05) is 9.50 Å². The van der Waals surface area contributed by atoms with Crippen LogP contribution in [0.2, 0.25) is 5.02 Å². The first-order valence-electron chi connectivity index (χ1n) is 3.94. The lowest BCUT2D eigenvalue weighted by Gasteiger charge is -2.12. The fraction of sp³-hybridized carbons (Fsp3) is 0.111. The van der Waals surface area contributed by atoms with Crippen molar-refractivity contribution in [3.8, 4) is 0 Å². The summed E-state index contributed by atoms with van der Waals surface area (Å²) in [6, 6.07) is 3.87. The van der Waals surface area contributed by atoms with Gasteiger partial charge in [-0.25, -0.2) is 4.79 Å². The van der Waals surface area contributed by atoms with Crippen LogP contribution in [0.15, 0.2) is 22.7 Å². The van der Waals surface area contributed by atoms with E-state index in [1.165, 1.54) is 0 Å². The smallest absolute Gasteiger partial charge is 0.405 e. The molecule has 0 aliphatic carbocycles. The van der Waals surface area contributed by atoms with E-state index in [2.05, 4.69) is 21.2 Å². The summed E-state index contributed by atoms with van der Waals surface area (Å²) >= 11 is 8.92. The maximum absolute atomic E-state index is 10.7. The Bertz CT molecular complexity index is 397. The molecule has 6 heteroatoms. The van der Waals surface area contributed by atoms with E-state index in [1.807, 2.05) is 0 Å². The molecule has 0 fully saturated rings. The lowest BCUT2D eigenvalue weighted by molar-refractivity contribution is -0.109. The molecule has 0 bridgehead atoms. The monoisotopic (exact) mass is 291 g/mol. The summed E-state index contributed by atoms with van der Waals surface area (Å²) in [5.74, 6) is 0. The summed E-state index contributed by atoms with van der Waals surface area (Å²) in [4.78, 5) is 21.1. The van der Waals surface area contributed by atoms with Crippen LogP contribution in [0.1, 0.15) is 11.6 Å². The molecule has 0 aliphatic rings. The molecule has 1 atom stereocenters. The highest BCUT2D eigenvalue weighted by molar-refractivity contribution is 9.10. The number of halogens is 2. The average Bonchev–Trinajstić information content (AvgIpc) is 2.14. The second kappa shape index (κ2) is 5.14. The topological polar surface area (TPSA) is 66.4 Å². The first-order chi connectivity index (χ1) is 7.04. The lowest BCUT2D eigenvalue weighted by atomic mass is 10.1. The van der Waals surface area contributed by atoms with E-state index in [0.29, 0.717) is 21.3 Å². The summed E-state index contributed by atoms with van der Waals surface area (Å²) in [5, 5.41) is 11.1. The second-order valence-corrected chi connectivity index (χ2v) is 4.02. The Labute approximate surface area is 99.4 Å². The minimum atomic E-state index is -1.26. The number of benzene rings is 1. The second-order valence-electron chi connectivity index (χ2n) is 2.73. The number of carbonyl (C=O) groups is 2. The maximum Gasteiger partial charge on any atom is 0.405 e. The molecule has 0 aliphatic heterocycles. The third kappa shape index (κ3) is 3.21. The molecule has 1 rings (SSSR count). The van der Waals surface area contributed by atoms with Crippen LogP contribution in [0, 0.1) is 0 Å². The number of carboxylic acid groups (broad SMARTS) is 1. The highest BCUT2D eigenvalue weighted by Crippen LogP contribution is 2.25. The molecule has 80 valence electrons. The van der Waals surface area contributed by atoms with Gasteiger partial charge in [0.05, 0.1) is 0 Å². The molecule has 1 unspecified atom stereocenters. The fourth-order valence-corrected chi connectivity index (χ4v) is 2.00. The van der Waals surface area contributed by atoms with Crippen LogP contribution in [0.25, 0.3) is 0 Å². The molecule has 0 spiro atoms. The Morgan fingerprint density at radius 3 is 2.73 bits per heavy atom. The van der Waals surface area contributed by atoms with Gasteiger partial charge in [-0.3, -0.25) is 0 Å².